The predicted octanol–water partition coefficient (Wildman–Crippen LogP) is 1.15. The van der Waals surface area contributed by atoms with E-state index in [0.29, 0.717) is 11.4 Å². The third-order valence-electron chi connectivity index (χ3n) is 3.69. The first-order valence-corrected chi connectivity index (χ1v) is 7.11. The van der Waals surface area contributed by atoms with Crippen molar-refractivity contribution in [2.75, 3.05) is 11.9 Å². The smallest absolute Gasteiger partial charge is 0.255 e. The first-order chi connectivity index (χ1) is 9.99. The summed E-state index contributed by atoms with van der Waals surface area (Å²) in [7, 11) is 0. The molecule has 0 atom stereocenters. The lowest BCUT2D eigenvalue weighted by Crippen LogP contribution is -2.52. The lowest BCUT2D eigenvalue weighted by Gasteiger charge is -2.31. The SMILES string of the molecule is NC(=O)COc1ccc(NC(=O)C2(N)CCCCC2)cc1. The van der Waals surface area contributed by atoms with Crippen molar-refractivity contribution in [2.24, 2.45) is 11.5 Å². The van der Waals surface area contributed by atoms with E-state index in [9.17, 15) is 9.59 Å². The molecule has 0 bridgehead atoms. The highest BCUT2D eigenvalue weighted by Gasteiger charge is 2.35. The largest absolute Gasteiger partial charge is 0.484 e. The van der Waals surface area contributed by atoms with Crippen molar-refractivity contribution >= 4 is 17.5 Å². The van der Waals surface area contributed by atoms with Crippen LogP contribution in [0.2, 0.25) is 0 Å². The standard InChI is InChI=1S/C15H21N3O3/c16-13(19)10-21-12-6-4-11(5-7-12)18-14(20)15(17)8-2-1-3-9-15/h4-7H,1-3,8-10,17H2,(H2,16,19)(H,18,20). The van der Waals surface area contributed by atoms with Gasteiger partial charge in [-0.1, -0.05) is 19.3 Å². The Labute approximate surface area is 123 Å². The van der Waals surface area contributed by atoms with Crippen LogP contribution >= 0.6 is 0 Å². The Hall–Kier alpha value is -2.08. The number of primary amides is 1. The van der Waals surface area contributed by atoms with E-state index in [1.807, 2.05) is 0 Å². The molecule has 2 rings (SSSR count). The molecule has 0 unspecified atom stereocenters. The zero-order valence-electron chi connectivity index (χ0n) is 11.9. The molecule has 0 aromatic heterocycles. The second kappa shape index (κ2) is 6.58. The summed E-state index contributed by atoms with van der Waals surface area (Å²) >= 11 is 0. The molecule has 6 nitrogen and oxygen atoms in total. The normalized spacial score (nSPS) is 17.0. The van der Waals surface area contributed by atoms with Gasteiger partial charge in [0.2, 0.25) is 5.91 Å². The molecule has 2 amide bonds. The molecule has 0 radical (unpaired) electrons. The first-order valence-electron chi connectivity index (χ1n) is 7.11. The van der Waals surface area contributed by atoms with Gasteiger partial charge < -0.3 is 21.5 Å². The Bertz CT molecular complexity index is 507. The van der Waals surface area contributed by atoms with Gasteiger partial charge in [-0.05, 0) is 37.1 Å². The summed E-state index contributed by atoms with van der Waals surface area (Å²) in [5.41, 5.74) is 11.1. The van der Waals surface area contributed by atoms with Gasteiger partial charge in [-0.15, -0.1) is 0 Å². The number of ether oxygens (including phenoxy) is 1. The summed E-state index contributed by atoms with van der Waals surface area (Å²) in [6.45, 7) is -0.169. The van der Waals surface area contributed by atoms with Crippen molar-refractivity contribution in [1.82, 2.24) is 0 Å². The summed E-state index contributed by atoms with van der Waals surface area (Å²) in [5, 5.41) is 2.83. The number of hydrogen-bond acceptors (Lipinski definition) is 4. The van der Waals surface area contributed by atoms with Crippen LogP contribution in [0.15, 0.2) is 24.3 Å². The number of nitrogens with one attached hydrogen (secondary N) is 1. The van der Waals surface area contributed by atoms with Crippen molar-refractivity contribution in [1.29, 1.82) is 0 Å². The number of carbonyl (C=O) groups excluding carboxylic acids is 2. The van der Waals surface area contributed by atoms with Crippen LogP contribution in [0.1, 0.15) is 32.1 Å². The van der Waals surface area contributed by atoms with Gasteiger partial charge in [-0.25, -0.2) is 0 Å². The van der Waals surface area contributed by atoms with E-state index >= 15 is 0 Å². The lowest BCUT2D eigenvalue weighted by molar-refractivity contribution is -0.122. The molecule has 21 heavy (non-hydrogen) atoms. The van der Waals surface area contributed by atoms with Crippen LogP contribution in [0.3, 0.4) is 0 Å². The molecule has 0 saturated heterocycles. The molecule has 0 heterocycles. The van der Waals surface area contributed by atoms with Gasteiger partial charge in [0.25, 0.3) is 5.91 Å². The highest BCUT2D eigenvalue weighted by atomic mass is 16.5. The predicted molar refractivity (Wildman–Crippen MR) is 79.8 cm³/mol. The second-order valence-electron chi connectivity index (χ2n) is 5.45. The Morgan fingerprint density at radius 2 is 1.76 bits per heavy atom. The van der Waals surface area contributed by atoms with Crippen LogP contribution in [0, 0.1) is 0 Å². The highest BCUT2D eigenvalue weighted by Crippen LogP contribution is 2.27. The molecule has 5 N–H and O–H groups in total. The monoisotopic (exact) mass is 291 g/mol. The van der Waals surface area contributed by atoms with E-state index in [4.69, 9.17) is 16.2 Å². The molecule has 1 aromatic carbocycles. The van der Waals surface area contributed by atoms with Gasteiger partial charge in [0, 0.05) is 5.69 Å². The zero-order chi connectivity index (χ0) is 15.3. The fourth-order valence-corrected chi connectivity index (χ4v) is 2.45. The number of rotatable bonds is 5. The zero-order valence-corrected chi connectivity index (χ0v) is 11.9. The molecule has 1 aliphatic rings. The molecule has 1 aliphatic carbocycles. The molecule has 114 valence electrons. The van der Waals surface area contributed by atoms with Crippen molar-refractivity contribution in [2.45, 2.75) is 37.6 Å². The van der Waals surface area contributed by atoms with Crippen LogP contribution in [-0.2, 0) is 9.59 Å². The lowest BCUT2D eigenvalue weighted by atomic mass is 9.82. The maximum Gasteiger partial charge on any atom is 0.255 e. The van der Waals surface area contributed by atoms with Crippen molar-refractivity contribution < 1.29 is 14.3 Å². The number of hydrogen-bond donors (Lipinski definition) is 3. The van der Waals surface area contributed by atoms with Gasteiger partial charge in [0.15, 0.2) is 6.61 Å². The average Bonchev–Trinajstić information content (AvgIpc) is 2.47. The van der Waals surface area contributed by atoms with Crippen LogP contribution < -0.4 is 21.5 Å². The Morgan fingerprint density at radius 1 is 1.14 bits per heavy atom. The molecular weight excluding hydrogens is 270 g/mol. The average molecular weight is 291 g/mol. The number of anilines is 1. The summed E-state index contributed by atoms with van der Waals surface area (Å²) in [6.07, 6.45) is 4.56. The number of amides is 2. The maximum atomic E-state index is 12.3. The Morgan fingerprint density at radius 3 is 2.33 bits per heavy atom. The van der Waals surface area contributed by atoms with Gasteiger partial charge in [0.1, 0.15) is 5.75 Å². The fourth-order valence-electron chi connectivity index (χ4n) is 2.45. The molecular formula is C15H21N3O3. The van der Waals surface area contributed by atoms with E-state index in [1.54, 1.807) is 24.3 Å². The van der Waals surface area contributed by atoms with Crippen molar-refractivity contribution in [3.05, 3.63) is 24.3 Å². The van der Waals surface area contributed by atoms with E-state index in [1.165, 1.54) is 0 Å². The first kappa shape index (κ1) is 15.3. The Kier molecular flexibility index (Phi) is 4.80. The molecule has 0 aliphatic heterocycles. The molecule has 0 spiro atoms. The number of nitrogens with two attached hydrogens (primary N) is 2. The van der Waals surface area contributed by atoms with Crippen LogP contribution in [0.5, 0.6) is 5.75 Å². The minimum Gasteiger partial charge on any atom is -0.484 e. The van der Waals surface area contributed by atoms with Gasteiger partial charge in [-0.3, -0.25) is 9.59 Å². The quantitative estimate of drug-likeness (QED) is 0.756. The second-order valence-corrected chi connectivity index (χ2v) is 5.45. The summed E-state index contributed by atoms with van der Waals surface area (Å²) in [5.74, 6) is -0.158. The van der Waals surface area contributed by atoms with Crippen LogP contribution in [-0.4, -0.2) is 24.0 Å². The summed E-state index contributed by atoms with van der Waals surface area (Å²) < 4.78 is 5.15. The molecule has 1 saturated carbocycles. The Balaban J connectivity index is 1.93. The molecule has 1 aromatic rings. The van der Waals surface area contributed by atoms with Gasteiger partial charge in [0.05, 0.1) is 5.54 Å². The van der Waals surface area contributed by atoms with Crippen molar-refractivity contribution in [3.63, 3.8) is 0 Å². The van der Waals surface area contributed by atoms with Crippen LogP contribution in [0.25, 0.3) is 0 Å². The van der Waals surface area contributed by atoms with E-state index < -0.39 is 11.4 Å². The number of benzene rings is 1. The summed E-state index contributed by atoms with van der Waals surface area (Å²) in [4.78, 5) is 22.9. The maximum absolute atomic E-state index is 12.3. The van der Waals surface area contributed by atoms with E-state index in [0.717, 1.165) is 32.1 Å². The van der Waals surface area contributed by atoms with Gasteiger partial charge >= 0.3 is 0 Å². The minimum absolute atomic E-state index is 0.145. The topological polar surface area (TPSA) is 107 Å². The summed E-state index contributed by atoms with van der Waals surface area (Å²) in [6, 6.07) is 6.76. The van der Waals surface area contributed by atoms with E-state index in [2.05, 4.69) is 5.32 Å². The molecule has 1 fully saturated rings. The third kappa shape index (κ3) is 4.19. The van der Waals surface area contributed by atoms with E-state index in [-0.39, 0.29) is 12.5 Å². The fraction of sp³-hybridized carbons (Fsp3) is 0.467. The molecule has 6 heteroatoms. The highest BCUT2D eigenvalue weighted by molar-refractivity contribution is 5.98. The third-order valence-corrected chi connectivity index (χ3v) is 3.69. The van der Waals surface area contributed by atoms with Crippen molar-refractivity contribution in [3.8, 4) is 5.75 Å². The number of carbonyl (C=O) groups is 2. The van der Waals surface area contributed by atoms with Crippen LogP contribution in [0.4, 0.5) is 5.69 Å². The minimum atomic E-state index is -0.764. The van der Waals surface area contributed by atoms with Gasteiger partial charge in [-0.2, -0.15) is 0 Å².